The molecule has 37 heavy (non-hydrogen) atoms. The van der Waals surface area contributed by atoms with Gasteiger partial charge < -0.3 is 18.9 Å². The fourth-order valence-electron chi connectivity index (χ4n) is 5.97. The number of likely N-dealkylation sites (tertiary alicyclic amines) is 1. The number of para-hydroxylation sites is 1. The normalized spacial score (nSPS) is 21.1. The van der Waals surface area contributed by atoms with Gasteiger partial charge in [0, 0.05) is 23.1 Å². The van der Waals surface area contributed by atoms with Crippen molar-refractivity contribution in [1.29, 1.82) is 0 Å². The predicted octanol–water partition coefficient (Wildman–Crippen LogP) is 3.90. The second kappa shape index (κ2) is 9.41. The molecule has 1 atom stereocenters. The lowest BCUT2D eigenvalue weighted by Crippen LogP contribution is -2.38. The number of rotatable bonds is 5. The van der Waals surface area contributed by atoms with Crippen LogP contribution in [-0.4, -0.2) is 46.0 Å². The molecule has 1 saturated heterocycles. The van der Waals surface area contributed by atoms with Gasteiger partial charge >= 0.3 is 11.9 Å². The summed E-state index contributed by atoms with van der Waals surface area (Å²) in [6.07, 6.45) is 4.00. The molecule has 0 spiro atoms. The minimum absolute atomic E-state index is 0.118. The first-order chi connectivity index (χ1) is 18.0. The van der Waals surface area contributed by atoms with Crippen molar-refractivity contribution < 1.29 is 19.1 Å². The molecule has 3 aliphatic rings. The van der Waals surface area contributed by atoms with E-state index in [0.29, 0.717) is 36.3 Å². The summed E-state index contributed by atoms with van der Waals surface area (Å²) in [7, 11) is 0. The molecule has 2 aromatic heterocycles. The summed E-state index contributed by atoms with van der Waals surface area (Å²) in [5.41, 5.74) is 2.69. The van der Waals surface area contributed by atoms with Crippen molar-refractivity contribution >= 4 is 22.8 Å². The number of nitrogens with zero attached hydrogens (tertiary/aromatic N) is 3. The van der Waals surface area contributed by atoms with Gasteiger partial charge in [0.15, 0.2) is 0 Å². The molecule has 0 radical (unpaired) electrons. The average Bonchev–Trinajstić information content (AvgIpc) is 3.20. The van der Waals surface area contributed by atoms with E-state index >= 15 is 0 Å². The number of esters is 2. The maximum absolute atomic E-state index is 13.7. The standard InChI is InChI=1S/C29H31N3O5/c1-2-29(37-25(33)10-13-31-11-6-3-7-12-31)16-26(34)36-18-21-22(29)15-24-27-20(17-32(24)28(21)35)14-19-8-4-5-9-23(19)30-27/h4-5,8-9,14-15H,2-3,6-7,10-13,16-18H2,1H3. The molecule has 6 rings (SSSR count). The zero-order valence-corrected chi connectivity index (χ0v) is 21.1. The number of carbonyl (C=O) groups is 2. The number of pyridine rings is 2. The summed E-state index contributed by atoms with van der Waals surface area (Å²) in [6, 6.07) is 11.8. The third-order valence-corrected chi connectivity index (χ3v) is 8.03. The van der Waals surface area contributed by atoms with E-state index in [1.54, 1.807) is 4.57 Å². The van der Waals surface area contributed by atoms with E-state index in [1.807, 2.05) is 37.3 Å². The fourth-order valence-corrected chi connectivity index (χ4v) is 5.97. The quantitative estimate of drug-likeness (QED) is 0.383. The summed E-state index contributed by atoms with van der Waals surface area (Å²) in [4.78, 5) is 46.7. The average molecular weight is 502 g/mol. The summed E-state index contributed by atoms with van der Waals surface area (Å²) in [5.74, 6) is -0.839. The van der Waals surface area contributed by atoms with E-state index in [-0.39, 0.29) is 31.0 Å². The van der Waals surface area contributed by atoms with Gasteiger partial charge in [-0.05, 0) is 50.6 Å². The highest BCUT2D eigenvalue weighted by molar-refractivity contribution is 5.84. The Morgan fingerprint density at radius 1 is 1.14 bits per heavy atom. The van der Waals surface area contributed by atoms with Crippen LogP contribution in [0.15, 0.2) is 41.2 Å². The molecule has 0 aliphatic carbocycles. The van der Waals surface area contributed by atoms with E-state index in [4.69, 9.17) is 14.5 Å². The monoisotopic (exact) mass is 501 g/mol. The van der Waals surface area contributed by atoms with E-state index in [2.05, 4.69) is 11.0 Å². The minimum Gasteiger partial charge on any atom is -0.460 e. The summed E-state index contributed by atoms with van der Waals surface area (Å²) < 4.78 is 13.3. The van der Waals surface area contributed by atoms with Crippen molar-refractivity contribution in [1.82, 2.24) is 14.5 Å². The number of ether oxygens (including phenoxy) is 2. The highest BCUT2D eigenvalue weighted by Crippen LogP contribution is 2.41. The third kappa shape index (κ3) is 4.23. The third-order valence-electron chi connectivity index (χ3n) is 8.03. The van der Waals surface area contributed by atoms with Crippen LogP contribution in [0.4, 0.5) is 0 Å². The van der Waals surface area contributed by atoms with Crippen molar-refractivity contribution in [2.75, 3.05) is 19.6 Å². The Labute approximate surface area is 215 Å². The number of piperidine rings is 1. The maximum Gasteiger partial charge on any atom is 0.310 e. The predicted molar refractivity (Wildman–Crippen MR) is 138 cm³/mol. The second-order valence-electron chi connectivity index (χ2n) is 10.3. The van der Waals surface area contributed by atoms with Crippen molar-refractivity contribution in [3.63, 3.8) is 0 Å². The number of hydrogen-bond donors (Lipinski definition) is 0. The Morgan fingerprint density at radius 3 is 2.76 bits per heavy atom. The van der Waals surface area contributed by atoms with Crippen LogP contribution in [0.3, 0.4) is 0 Å². The molecule has 8 nitrogen and oxygen atoms in total. The first kappa shape index (κ1) is 23.9. The van der Waals surface area contributed by atoms with Gasteiger partial charge in [0.1, 0.15) is 12.2 Å². The van der Waals surface area contributed by atoms with Gasteiger partial charge in [0.2, 0.25) is 0 Å². The number of benzene rings is 1. The number of fused-ring (bicyclic) bond motifs is 5. The molecule has 8 heteroatoms. The van der Waals surface area contributed by atoms with Gasteiger partial charge in [0.05, 0.1) is 41.9 Å². The van der Waals surface area contributed by atoms with Crippen LogP contribution < -0.4 is 5.56 Å². The topological polar surface area (TPSA) is 90.7 Å². The highest BCUT2D eigenvalue weighted by Gasteiger charge is 2.44. The largest absolute Gasteiger partial charge is 0.460 e. The number of carbonyl (C=O) groups excluding carboxylic acids is 2. The molecular formula is C29H31N3O5. The van der Waals surface area contributed by atoms with Gasteiger partial charge in [-0.25, -0.2) is 4.98 Å². The van der Waals surface area contributed by atoms with Gasteiger partial charge in [-0.3, -0.25) is 14.4 Å². The zero-order valence-electron chi connectivity index (χ0n) is 21.1. The Kier molecular flexibility index (Phi) is 6.07. The lowest BCUT2D eigenvalue weighted by molar-refractivity contribution is -0.168. The minimum atomic E-state index is -1.25. The molecule has 0 saturated carbocycles. The smallest absolute Gasteiger partial charge is 0.310 e. The molecule has 3 aromatic rings. The second-order valence-corrected chi connectivity index (χ2v) is 10.3. The maximum atomic E-state index is 13.7. The summed E-state index contributed by atoms with van der Waals surface area (Å²) in [5, 5.41) is 1.02. The first-order valence-electron chi connectivity index (χ1n) is 13.2. The van der Waals surface area contributed by atoms with Gasteiger partial charge in [0.25, 0.3) is 5.56 Å². The van der Waals surface area contributed by atoms with Crippen LogP contribution in [0, 0.1) is 0 Å². The van der Waals surface area contributed by atoms with Crippen LogP contribution >= 0.6 is 0 Å². The molecule has 1 aromatic carbocycles. The molecule has 1 fully saturated rings. The Morgan fingerprint density at radius 2 is 1.95 bits per heavy atom. The first-order valence-corrected chi connectivity index (χ1v) is 13.2. The van der Waals surface area contributed by atoms with Crippen LogP contribution in [-0.2, 0) is 37.8 Å². The van der Waals surface area contributed by atoms with E-state index < -0.39 is 11.6 Å². The molecule has 5 heterocycles. The fraction of sp³-hybridized carbons (Fsp3) is 0.448. The molecule has 3 aliphatic heterocycles. The lowest BCUT2D eigenvalue weighted by atomic mass is 9.85. The van der Waals surface area contributed by atoms with Crippen molar-refractivity contribution in [2.24, 2.45) is 0 Å². The van der Waals surface area contributed by atoms with E-state index in [0.717, 1.165) is 48.1 Å². The number of aromatic nitrogens is 2. The van der Waals surface area contributed by atoms with Crippen LogP contribution in [0.2, 0.25) is 0 Å². The molecule has 0 N–H and O–H groups in total. The van der Waals surface area contributed by atoms with Crippen molar-refractivity contribution in [3.05, 3.63) is 63.4 Å². The zero-order chi connectivity index (χ0) is 25.6. The molecule has 192 valence electrons. The molecule has 1 unspecified atom stereocenters. The summed E-state index contributed by atoms with van der Waals surface area (Å²) in [6.45, 7) is 4.76. The lowest BCUT2D eigenvalue weighted by Gasteiger charge is -2.33. The van der Waals surface area contributed by atoms with Crippen LogP contribution in [0.25, 0.3) is 22.3 Å². The molecular weight excluding hydrogens is 470 g/mol. The van der Waals surface area contributed by atoms with E-state index in [9.17, 15) is 14.4 Å². The van der Waals surface area contributed by atoms with Crippen LogP contribution in [0.5, 0.6) is 0 Å². The molecule has 0 amide bonds. The van der Waals surface area contributed by atoms with Crippen LogP contribution in [0.1, 0.15) is 62.1 Å². The van der Waals surface area contributed by atoms with Crippen molar-refractivity contribution in [3.8, 4) is 11.4 Å². The van der Waals surface area contributed by atoms with E-state index in [1.165, 1.54) is 6.42 Å². The van der Waals surface area contributed by atoms with Gasteiger partial charge in [-0.15, -0.1) is 0 Å². The Balaban J connectivity index is 1.40. The SMILES string of the molecule is CCC1(OC(=O)CCN2CCCCC2)CC(=O)OCc2c1cc1n(c2=O)Cc2cc3ccccc3nc2-1. The Hall–Kier alpha value is -3.52. The number of cyclic esters (lactones) is 1. The van der Waals surface area contributed by atoms with Crippen molar-refractivity contribution in [2.45, 2.75) is 64.2 Å². The molecule has 0 bridgehead atoms. The number of hydrogen-bond acceptors (Lipinski definition) is 7. The summed E-state index contributed by atoms with van der Waals surface area (Å²) >= 11 is 0. The van der Waals surface area contributed by atoms with Gasteiger partial charge in [-0.1, -0.05) is 31.5 Å². The highest BCUT2D eigenvalue weighted by atomic mass is 16.6. The Bertz CT molecular complexity index is 1460. The van der Waals surface area contributed by atoms with Gasteiger partial charge in [-0.2, -0.15) is 0 Å².